The van der Waals surface area contributed by atoms with E-state index in [1.807, 2.05) is 43.4 Å². The van der Waals surface area contributed by atoms with Gasteiger partial charge in [0.05, 0.1) is 6.42 Å². The van der Waals surface area contributed by atoms with E-state index in [4.69, 9.17) is 0 Å². The number of nitrogens with one attached hydrogen (secondary N) is 2. The van der Waals surface area contributed by atoms with Gasteiger partial charge in [-0.2, -0.15) is 0 Å². The predicted molar refractivity (Wildman–Crippen MR) is 106 cm³/mol. The minimum atomic E-state index is 0.0355. The van der Waals surface area contributed by atoms with Crippen molar-refractivity contribution < 1.29 is 9.59 Å². The fraction of sp³-hybridized carbons (Fsp3) is 0.364. The summed E-state index contributed by atoms with van der Waals surface area (Å²) in [5.74, 6) is 0.103. The van der Waals surface area contributed by atoms with Crippen molar-refractivity contribution in [2.75, 3.05) is 20.1 Å². The largest absolute Gasteiger partial charge is 0.355 e. The van der Waals surface area contributed by atoms with Crippen LogP contribution in [0.25, 0.3) is 0 Å². The van der Waals surface area contributed by atoms with Crippen LogP contribution in [0.2, 0.25) is 0 Å². The molecule has 0 aliphatic heterocycles. The number of rotatable bonds is 10. The van der Waals surface area contributed by atoms with Crippen molar-refractivity contribution in [1.29, 1.82) is 0 Å². The minimum absolute atomic E-state index is 0.0355. The maximum atomic E-state index is 12.1. The molecule has 138 valence electrons. The van der Waals surface area contributed by atoms with E-state index in [0.717, 1.165) is 36.9 Å². The van der Waals surface area contributed by atoms with Crippen molar-refractivity contribution in [2.24, 2.45) is 0 Å². The minimum Gasteiger partial charge on any atom is -0.355 e. The fourth-order valence-corrected chi connectivity index (χ4v) is 2.79. The van der Waals surface area contributed by atoms with Crippen molar-refractivity contribution in [3.8, 4) is 0 Å². The Labute approximate surface area is 156 Å². The molecule has 0 atom stereocenters. The number of Topliss-reactive ketones (excluding diaryl/α,β-unsaturated/α-hetero) is 1. The molecule has 4 nitrogen and oxygen atoms in total. The first-order chi connectivity index (χ1) is 12.6. The number of ketones is 1. The summed E-state index contributed by atoms with van der Waals surface area (Å²) >= 11 is 0. The van der Waals surface area contributed by atoms with Crippen LogP contribution in [0.15, 0.2) is 48.5 Å². The van der Waals surface area contributed by atoms with Gasteiger partial charge in [-0.25, -0.2) is 0 Å². The Morgan fingerprint density at radius 1 is 0.808 bits per heavy atom. The van der Waals surface area contributed by atoms with Gasteiger partial charge in [-0.05, 0) is 56.5 Å². The van der Waals surface area contributed by atoms with Gasteiger partial charge in [0.25, 0.3) is 0 Å². The number of carbonyl (C=O) groups excluding carboxylic acids is 2. The van der Waals surface area contributed by atoms with Gasteiger partial charge >= 0.3 is 0 Å². The Balaban J connectivity index is 1.72. The summed E-state index contributed by atoms with van der Waals surface area (Å²) in [7, 11) is 1.96. The molecule has 2 N–H and O–H groups in total. The van der Waals surface area contributed by atoms with Gasteiger partial charge in [0.2, 0.25) is 5.91 Å². The third-order valence-electron chi connectivity index (χ3n) is 4.38. The molecule has 0 aromatic heterocycles. The molecular formula is C22H28N2O2. The van der Waals surface area contributed by atoms with Gasteiger partial charge in [-0.3, -0.25) is 9.59 Å². The molecule has 0 fully saturated rings. The molecule has 0 saturated heterocycles. The van der Waals surface area contributed by atoms with E-state index in [9.17, 15) is 9.59 Å². The van der Waals surface area contributed by atoms with Gasteiger partial charge in [-0.15, -0.1) is 0 Å². The SMILES string of the molecule is CNCCCc1ccc(CC(=O)NCCc2ccc(C(C)=O)cc2)cc1. The number of carbonyl (C=O) groups is 2. The molecule has 0 bridgehead atoms. The van der Waals surface area contributed by atoms with Crippen LogP contribution >= 0.6 is 0 Å². The predicted octanol–water partition coefficient (Wildman–Crippen LogP) is 2.94. The molecule has 2 aromatic rings. The second-order valence-corrected chi connectivity index (χ2v) is 6.55. The van der Waals surface area contributed by atoms with Crippen LogP contribution in [0.5, 0.6) is 0 Å². The van der Waals surface area contributed by atoms with E-state index in [0.29, 0.717) is 18.5 Å². The fourth-order valence-electron chi connectivity index (χ4n) is 2.79. The van der Waals surface area contributed by atoms with Crippen molar-refractivity contribution in [2.45, 2.75) is 32.6 Å². The quantitative estimate of drug-likeness (QED) is 0.511. The van der Waals surface area contributed by atoms with Gasteiger partial charge in [0.15, 0.2) is 5.78 Å². The van der Waals surface area contributed by atoms with Crippen molar-refractivity contribution in [1.82, 2.24) is 10.6 Å². The van der Waals surface area contributed by atoms with Crippen LogP contribution in [0.4, 0.5) is 0 Å². The summed E-state index contributed by atoms with van der Waals surface area (Å²) in [6, 6.07) is 15.8. The smallest absolute Gasteiger partial charge is 0.224 e. The first kappa shape index (κ1) is 19.9. The Morgan fingerprint density at radius 3 is 2.00 bits per heavy atom. The number of hydrogen-bond donors (Lipinski definition) is 2. The van der Waals surface area contributed by atoms with E-state index in [2.05, 4.69) is 22.8 Å². The lowest BCUT2D eigenvalue weighted by atomic mass is 10.1. The number of benzene rings is 2. The average molecular weight is 352 g/mol. The molecule has 0 aliphatic rings. The lowest BCUT2D eigenvalue weighted by molar-refractivity contribution is -0.120. The Morgan fingerprint density at radius 2 is 1.38 bits per heavy atom. The Hall–Kier alpha value is -2.46. The first-order valence-corrected chi connectivity index (χ1v) is 9.17. The first-order valence-electron chi connectivity index (χ1n) is 9.17. The standard InChI is InChI=1S/C22H28N2O2/c1-17(25)21-11-9-19(10-12-21)13-15-24-22(26)16-20-7-5-18(6-8-20)4-3-14-23-2/h5-12,23H,3-4,13-16H2,1-2H3,(H,24,26). The summed E-state index contributed by atoms with van der Waals surface area (Å²) < 4.78 is 0. The van der Waals surface area contributed by atoms with Crippen molar-refractivity contribution in [3.63, 3.8) is 0 Å². The molecule has 26 heavy (non-hydrogen) atoms. The van der Waals surface area contributed by atoms with Crippen molar-refractivity contribution >= 4 is 11.7 Å². The zero-order valence-electron chi connectivity index (χ0n) is 15.7. The average Bonchev–Trinajstić information content (AvgIpc) is 2.64. The van der Waals surface area contributed by atoms with Gasteiger partial charge < -0.3 is 10.6 Å². The molecule has 0 radical (unpaired) electrons. The number of hydrogen-bond acceptors (Lipinski definition) is 3. The second-order valence-electron chi connectivity index (χ2n) is 6.55. The second kappa shape index (κ2) is 10.5. The molecule has 2 aromatic carbocycles. The Bertz CT molecular complexity index is 706. The third-order valence-corrected chi connectivity index (χ3v) is 4.38. The molecule has 0 heterocycles. The van der Waals surface area contributed by atoms with Crippen LogP contribution in [-0.4, -0.2) is 31.8 Å². The molecule has 4 heteroatoms. The third kappa shape index (κ3) is 6.81. The molecule has 0 spiro atoms. The highest BCUT2D eigenvalue weighted by Gasteiger charge is 2.04. The molecule has 1 amide bonds. The zero-order chi connectivity index (χ0) is 18.8. The van der Waals surface area contributed by atoms with E-state index in [1.54, 1.807) is 6.92 Å². The van der Waals surface area contributed by atoms with E-state index < -0.39 is 0 Å². The monoisotopic (exact) mass is 352 g/mol. The van der Waals surface area contributed by atoms with E-state index >= 15 is 0 Å². The zero-order valence-corrected chi connectivity index (χ0v) is 15.7. The van der Waals surface area contributed by atoms with Gasteiger partial charge in [0, 0.05) is 12.1 Å². The number of amides is 1. The molecule has 2 rings (SSSR count). The molecule has 0 unspecified atom stereocenters. The van der Waals surface area contributed by atoms with Crippen LogP contribution < -0.4 is 10.6 Å². The lowest BCUT2D eigenvalue weighted by Crippen LogP contribution is -2.27. The van der Waals surface area contributed by atoms with Crippen molar-refractivity contribution in [3.05, 3.63) is 70.8 Å². The molecule has 0 aliphatic carbocycles. The highest BCUT2D eigenvalue weighted by molar-refractivity contribution is 5.94. The summed E-state index contributed by atoms with van der Waals surface area (Å²) in [6.45, 7) is 3.17. The van der Waals surface area contributed by atoms with Gasteiger partial charge in [-0.1, -0.05) is 48.5 Å². The topological polar surface area (TPSA) is 58.2 Å². The summed E-state index contributed by atoms with van der Waals surface area (Å²) in [5, 5.41) is 6.11. The summed E-state index contributed by atoms with van der Waals surface area (Å²) in [6.07, 6.45) is 3.33. The molecular weight excluding hydrogens is 324 g/mol. The van der Waals surface area contributed by atoms with Gasteiger partial charge in [0.1, 0.15) is 0 Å². The Kier molecular flexibility index (Phi) is 8.03. The summed E-state index contributed by atoms with van der Waals surface area (Å²) in [5.41, 5.74) is 4.16. The highest BCUT2D eigenvalue weighted by Crippen LogP contribution is 2.08. The van der Waals surface area contributed by atoms with E-state index in [1.165, 1.54) is 5.56 Å². The highest BCUT2D eigenvalue weighted by atomic mass is 16.1. The molecule has 0 saturated carbocycles. The normalized spacial score (nSPS) is 10.5. The van der Waals surface area contributed by atoms with Crippen LogP contribution in [-0.2, 0) is 24.1 Å². The maximum Gasteiger partial charge on any atom is 0.224 e. The van der Waals surface area contributed by atoms with Crippen LogP contribution in [0.1, 0.15) is 40.4 Å². The summed E-state index contributed by atoms with van der Waals surface area (Å²) in [4.78, 5) is 23.3. The van der Waals surface area contributed by atoms with E-state index in [-0.39, 0.29) is 11.7 Å². The van der Waals surface area contributed by atoms with Crippen LogP contribution in [0.3, 0.4) is 0 Å². The maximum absolute atomic E-state index is 12.1. The number of aryl methyl sites for hydroxylation is 1. The lowest BCUT2D eigenvalue weighted by Gasteiger charge is -2.07. The van der Waals surface area contributed by atoms with Crippen LogP contribution in [0, 0.1) is 0 Å².